The summed E-state index contributed by atoms with van der Waals surface area (Å²) in [6.45, 7) is 8.56. The Hall–Kier alpha value is -2.61. The predicted octanol–water partition coefficient (Wildman–Crippen LogP) is 2.41. The van der Waals surface area contributed by atoms with Crippen molar-refractivity contribution < 1.29 is 9.18 Å². The van der Waals surface area contributed by atoms with Crippen LogP contribution in [0.15, 0.2) is 30.6 Å². The van der Waals surface area contributed by atoms with Crippen LogP contribution in [0.5, 0.6) is 0 Å². The van der Waals surface area contributed by atoms with Crippen molar-refractivity contribution in [1.82, 2.24) is 20.4 Å². The molecule has 8 heteroatoms. The zero-order valence-corrected chi connectivity index (χ0v) is 15.8. The van der Waals surface area contributed by atoms with Gasteiger partial charge in [-0.15, -0.1) is 0 Å². The van der Waals surface area contributed by atoms with Gasteiger partial charge in [0.1, 0.15) is 5.82 Å². The summed E-state index contributed by atoms with van der Waals surface area (Å²) in [6.07, 6.45) is 3.41. The van der Waals surface area contributed by atoms with E-state index in [0.29, 0.717) is 17.3 Å². The molecule has 0 atom stereocenters. The number of urea groups is 1. The molecule has 3 N–H and O–H groups in total. The average Bonchev–Trinajstić information content (AvgIpc) is 3.07. The van der Waals surface area contributed by atoms with Crippen LogP contribution in [0, 0.1) is 11.7 Å². The van der Waals surface area contributed by atoms with Crippen molar-refractivity contribution in [2.75, 3.05) is 36.4 Å². The molecule has 3 rings (SSSR count). The lowest BCUT2D eigenvalue weighted by molar-refractivity contribution is 0.251. The maximum Gasteiger partial charge on any atom is 0.319 e. The summed E-state index contributed by atoms with van der Waals surface area (Å²) in [5.41, 5.74) is 1.97. The van der Waals surface area contributed by atoms with Crippen LogP contribution in [0.25, 0.3) is 0 Å². The Kier molecular flexibility index (Phi) is 6.28. The first-order valence-corrected chi connectivity index (χ1v) is 9.32. The molecule has 1 aromatic heterocycles. The van der Waals surface area contributed by atoms with E-state index in [2.05, 4.69) is 34.9 Å². The molecule has 7 nitrogen and oxygen atoms in total. The van der Waals surface area contributed by atoms with Gasteiger partial charge in [-0.05, 0) is 23.6 Å². The summed E-state index contributed by atoms with van der Waals surface area (Å²) in [5, 5.41) is 13.0. The molecule has 0 spiro atoms. The lowest BCUT2D eigenvalue weighted by Gasteiger charge is -2.29. The molecule has 1 aliphatic rings. The molecule has 1 saturated heterocycles. The van der Waals surface area contributed by atoms with E-state index in [1.54, 1.807) is 23.1 Å². The number of carbonyl (C=O) groups excluding carboxylic acids is 1. The van der Waals surface area contributed by atoms with Gasteiger partial charge in [0, 0.05) is 45.5 Å². The van der Waals surface area contributed by atoms with Crippen molar-refractivity contribution in [2.24, 2.45) is 5.92 Å². The van der Waals surface area contributed by atoms with Crippen LogP contribution < -0.4 is 20.9 Å². The van der Waals surface area contributed by atoms with Crippen LogP contribution in [0.3, 0.4) is 0 Å². The lowest BCUT2D eigenvalue weighted by Crippen LogP contribution is -2.43. The van der Waals surface area contributed by atoms with Crippen molar-refractivity contribution in [1.29, 1.82) is 0 Å². The van der Waals surface area contributed by atoms with E-state index in [-0.39, 0.29) is 18.4 Å². The number of hydrogen-bond acceptors (Lipinski definition) is 4. The molecule has 146 valence electrons. The van der Waals surface area contributed by atoms with Crippen LogP contribution in [0.1, 0.15) is 19.4 Å². The van der Waals surface area contributed by atoms with Gasteiger partial charge in [-0.3, -0.25) is 4.68 Å². The van der Waals surface area contributed by atoms with Crippen molar-refractivity contribution in [3.05, 3.63) is 42.0 Å². The van der Waals surface area contributed by atoms with Crippen molar-refractivity contribution in [2.45, 2.75) is 26.9 Å². The molecule has 1 fully saturated rings. The SMILES string of the molecule is CC(C)Cn1cc(NC(=O)NCc2ccc(N3CCNCC3)c(F)c2)cn1. The molecule has 27 heavy (non-hydrogen) atoms. The van der Waals surface area contributed by atoms with E-state index in [1.807, 2.05) is 11.0 Å². The molecule has 0 unspecified atom stereocenters. The fourth-order valence-corrected chi connectivity index (χ4v) is 3.08. The van der Waals surface area contributed by atoms with Gasteiger partial charge in [0.25, 0.3) is 0 Å². The number of anilines is 2. The Balaban J connectivity index is 1.51. The summed E-state index contributed by atoms with van der Waals surface area (Å²) in [7, 11) is 0. The topological polar surface area (TPSA) is 74.2 Å². The minimum Gasteiger partial charge on any atom is -0.367 e. The van der Waals surface area contributed by atoms with Gasteiger partial charge in [-0.2, -0.15) is 5.10 Å². The van der Waals surface area contributed by atoms with Crippen LogP contribution in [-0.2, 0) is 13.1 Å². The van der Waals surface area contributed by atoms with E-state index in [1.165, 1.54) is 6.07 Å². The summed E-state index contributed by atoms with van der Waals surface area (Å²) in [5.74, 6) is 0.220. The van der Waals surface area contributed by atoms with Gasteiger partial charge in [-0.1, -0.05) is 19.9 Å². The highest BCUT2D eigenvalue weighted by Gasteiger charge is 2.15. The van der Waals surface area contributed by atoms with Crippen molar-refractivity contribution >= 4 is 17.4 Å². The number of nitrogens with zero attached hydrogens (tertiary/aromatic N) is 3. The number of hydrogen-bond donors (Lipinski definition) is 3. The highest BCUT2D eigenvalue weighted by atomic mass is 19.1. The number of amides is 2. The fraction of sp³-hybridized carbons (Fsp3) is 0.474. The van der Waals surface area contributed by atoms with Crippen LogP contribution in [0.4, 0.5) is 20.6 Å². The Bertz CT molecular complexity index is 769. The number of benzene rings is 1. The predicted molar refractivity (Wildman–Crippen MR) is 104 cm³/mol. The Morgan fingerprint density at radius 2 is 2.11 bits per heavy atom. The van der Waals surface area contributed by atoms with E-state index in [9.17, 15) is 9.18 Å². The van der Waals surface area contributed by atoms with Gasteiger partial charge in [0.05, 0.1) is 17.6 Å². The maximum atomic E-state index is 14.4. The minimum atomic E-state index is -0.342. The van der Waals surface area contributed by atoms with Gasteiger partial charge < -0.3 is 20.9 Å². The number of rotatable bonds is 6. The third kappa shape index (κ3) is 5.43. The first-order chi connectivity index (χ1) is 13.0. The molecule has 2 amide bonds. The molecule has 0 radical (unpaired) electrons. The van der Waals surface area contributed by atoms with Crippen LogP contribution in [-0.4, -0.2) is 42.0 Å². The maximum absolute atomic E-state index is 14.4. The van der Waals surface area contributed by atoms with Gasteiger partial charge in [-0.25, -0.2) is 9.18 Å². The summed E-state index contributed by atoms with van der Waals surface area (Å²) in [4.78, 5) is 14.1. The third-order valence-corrected chi connectivity index (χ3v) is 4.37. The molecule has 0 saturated carbocycles. The summed E-state index contributed by atoms with van der Waals surface area (Å²) < 4.78 is 16.2. The largest absolute Gasteiger partial charge is 0.367 e. The second-order valence-electron chi connectivity index (χ2n) is 7.18. The second kappa shape index (κ2) is 8.85. The Labute approximate surface area is 158 Å². The van der Waals surface area contributed by atoms with E-state index >= 15 is 0 Å². The first-order valence-electron chi connectivity index (χ1n) is 9.32. The zero-order valence-electron chi connectivity index (χ0n) is 15.8. The third-order valence-electron chi connectivity index (χ3n) is 4.37. The smallest absolute Gasteiger partial charge is 0.319 e. The molecule has 2 heterocycles. The monoisotopic (exact) mass is 374 g/mol. The Morgan fingerprint density at radius 1 is 1.33 bits per heavy atom. The molecule has 1 aromatic carbocycles. The number of nitrogens with one attached hydrogen (secondary N) is 3. The molecular formula is C19H27FN6O. The molecule has 0 bridgehead atoms. The minimum absolute atomic E-state index is 0.255. The zero-order chi connectivity index (χ0) is 19.2. The highest BCUT2D eigenvalue weighted by molar-refractivity contribution is 5.88. The van der Waals surface area contributed by atoms with Crippen molar-refractivity contribution in [3.8, 4) is 0 Å². The average molecular weight is 374 g/mol. The van der Waals surface area contributed by atoms with Gasteiger partial charge in [0.2, 0.25) is 0 Å². The molecule has 1 aliphatic heterocycles. The van der Waals surface area contributed by atoms with Crippen LogP contribution >= 0.6 is 0 Å². The summed E-state index contributed by atoms with van der Waals surface area (Å²) in [6, 6.07) is 4.77. The first kappa shape index (κ1) is 19.2. The van der Waals surface area contributed by atoms with E-state index in [0.717, 1.165) is 38.3 Å². The van der Waals surface area contributed by atoms with Crippen molar-refractivity contribution in [3.63, 3.8) is 0 Å². The Morgan fingerprint density at radius 3 is 2.81 bits per heavy atom. The molecule has 0 aliphatic carbocycles. The summed E-state index contributed by atoms with van der Waals surface area (Å²) >= 11 is 0. The number of carbonyl (C=O) groups is 1. The van der Waals surface area contributed by atoms with Gasteiger partial charge >= 0.3 is 6.03 Å². The highest BCUT2D eigenvalue weighted by Crippen LogP contribution is 2.21. The van der Waals surface area contributed by atoms with E-state index in [4.69, 9.17) is 0 Å². The number of piperazine rings is 1. The van der Waals surface area contributed by atoms with Crippen LogP contribution in [0.2, 0.25) is 0 Å². The number of aromatic nitrogens is 2. The van der Waals surface area contributed by atoms with Gasteiger partial charge in [0.15, 0.2) is 0 Å². The van der Waals surface area contributed by atoms with E-state index < -0.39 is 0 Å². The normalized spacial score (nSPS) is 14.4. The fourth-order valence-electron chi connectivity index (χ4n) is 3.08. The molecule has 2 aromatic rings. The molecular weight excluding hydrogens is 347 g/mol. The second-order valence-corrected chi connectivity index (χ2v) is 7.18. The quantitative estimate of drug-likeness (QED) is 0.726. The lowest BCUT2D eigenvalue weighted by atomic mass is 10.1. The standard InChI is InChI=1S/C19H27FN6O/c1-14(2)12-26-13-16(11-23-26)24-19(27)22-10-15-3-4-18(17(20)9-15)25-7-5-21-6-8-25/h3-4,9,11,13-14,21H,5-8,10,12H2,1-2H3,(H2,22,24,27). The number of halogens is 1.